The SMILES string of the molecule is Cc1cc(N2CCN(C(=O)CCCC(=O)c3ccccc3)CC2)ccn1. The highest BCUT2D eigenvalue weighted by Gasteiger charge is 2.21. The van der Waals surface area contributed by atoms with E-state index in [2.05, 4.69) is 16.0 Å². The summed E-state index contributed by atoms with van der Waals surface area (Å²) in [7, 11) is 0. The summed E-state index contributed by atoms with van der Waals surface area (Å²) in [6, 6.07) is 13.4. The molecule has 1 aliphatic rings. The zero-order valence-electron chi connectivity index (χ0n) is 15.2. The quantitative estimate of drug-likeness (QED) is 0.751. The van der Waals surface area contributed by atoms with E-state index in [1.54, 1.807) is 0 Å². The molecule has 0 N–H and O–H groups in total. The van der Waals surface area contributed by atoms with Crippen LogP contribution in [0.4, 0.5) is 5.69 Å². The maximum absolute atomic E-state index is 12.4. The lowest BCUT2D eigenvalue weighted by atomic mass is 10.1. The molecule has 0 bridgehead atoms. The molecule has 5 nitrogen and oxygen atoms in total. The Labute approximate surface area is 154 Å². The fraction of sp³-hybridized carbons (Fsp3) is 0.381. The molecule has 0 unspecified atom stereocenters. The van der Waals surface area contributed by atoms with Gasteiger partial charge in [-0.25, -0.2) is 0 Å². The molecular formula is C21H25N3O2. The Hall–Kier alpha value is -2.69. The molecule has 26 heavy (non-hydrogen) atoms. The first-order chi connectivity index (χ1) is 12.6. The molecule has 3 rings (SSSR count). The van der Waals surface area contributed by atoms with Crippen LogP contribution in [0.3, 0.4) is 0 Å². The Kier molecular flexibility index (Phi) is 6.00. The number of rotatable bonds is 6. The van der Waals surface area contributed by atoms with Crippen molar-refractivity contribution in [3.8, 4) is 0 Å². The van der Waals surface area contributed by atoms with Gasteiger partial charge in [0.05, 0.1) is 0 Å². The van der Waals surface area contributed by atoms with E-state index in [1.165, 1.54) is 0 Å². The molecule has 0 radical (unpaired) electrons. The van der Waals surface area contributed by atoms with Crippen molar-refractivity contribution in [3.63, 3.8) is 0 Å². The van der Waals surface area contributed by atoms with Gasteiger partial charge in [0, 0.05) is 62.2 Å². The molecule has 1 amide bonds. The highest BCUT2D eigenvalue weighted by atomic mass is 16.2. The molecule has 1 aromatic carbocycles. The molecule has 0 spiro atoms. The van der Waals surface area contributed by atoms with Crippen LogP contribution in [0.1, 0.15) is 35.3 Å². The van der Waals surface area contributed by atoms with Crippen LogP contribution in [0, 0.1) is 6.92 Å². The van der Waals surface area contributed by atoms with E-state index in [9.17, 15) is 9.59 Å². The summed E-state index contributed by atoms with van der Waals surface area (Å²) < 4.78 is 0. The number of anilines is 1. The first-order valence-electron chi connectivity index (χ1n) is 9.17. The normalized spacial score (nSPS) is 14.3. The van der Waals surface area contributed by atoms with E-state index in [1.807, 2.05) is 54.4 Å². The fourth-order valence-electron chi connectivity index (χ4n) is 3.27. The summed E-state index contributed by atoms with van der Waals surface area (Å²) in [5.74, 6) is 0.257. The molecule has 2 aromatic rings. The number of nitrogens with zero attached hydrogens (tertiary/aromatic N) is 3. The van der Waals surface area contributed by atoms with Gasteiger partial charge >= 0.3 is 0 Å². The summed E-state index contributed by atoms with van der Waals surface area (Å²) in [5.41, 5.74) is 2.89. The number of piperazine rings is 1. The van der Waals surface area contributed by atoms with Gasteiger partial charge in [-0.05, 0) is 25.5 Å². The standard InChI is InChI=1S/C21H25N3O2/c1-17-16-19(10-11-22-17)23-12-14-24(15-13-23)21(26)9-5-8-20(25)18-6-3-2-4-7-18/h2-4,6-7,10-11,16H,5,8-9,12-15H2,1H3. The number of benzene rings is 1. The number of amides is 1. The number of carbonyl (C=O) groups is 2. The Morgan fingerprint density at radius 3 is 2.42 bits per heavy atom. The predicted octanol–water partition coefficient (Wildman–Crippen LogP) is 3.09. The van der Waals surface area contributed by atoms with Crippen LogP contribution in [0.5, 0.6) is 0 Å². The van der Waals surface area contributed by atoms with Crippen LogP contribution in [0.25, 0.3) is 0 Å². The van der Waals surface area contributed by atoms with Crippen LogP contribution in [0.15, 0.2) is 48.7 Å². The zero-order chi connectivity index (χ0) is 18.4. The lowest BCUT2D eigenvalue weighted by molar-refractivity contribution is -0.131. The van der Waals surface area contributed by atoms with Crippen LogP contribution in [-0.2, 0) is 4.79 Å². The van der Waals surface area contributed by atoms with E-state index in [4.69, 9.17) is 0 Å². The number of aromatic nitrogens is 1. The topological polar surface area (TPSA) is 53.5 Å². The van der Waals surface area contributed by atoms with Crippen molar-refractivity contribution in [1.82, 2.24) is 9.88 Å². The molecule has 1 aliphatic heterocycles. The molecule has 0 atom stereocenters. The van der Waals surface area contributed by atoms with E-state index in [0.717, 1.165) is 43.1 Å². The second-order valence-electron chi connectivity index (χ2n) is 6.67. The molecule has 136 valence electrons. The predicted molar refractivity (Wildman–Crippen MR) is 102 cm³/mol. The van der Waals surface area contributed by atoms with Gasteiger partial charge in [-0.15, -0.1) is 0 Å². The number of hydrogen-bond acceptors (Lipinski definition) is 4. The monoisotopic (exact) mass is 351 g/mol. The molecule has 0 saturated carbocycles. The second-order valence-corrected chi connectivity index (χ2v) is 6.67. The molecular weight excluding hydrogens is 326 g/mol. The number of carbonyl (C=O) groups excluding carboxylic acids is 2. The third-order valence-electron chi connectivity index (χ3n) is 4.77. The minimum Gasteiger partial charge on any atom is -0.368 e. The second kappa shape index (κ2) is 8.61. The van der Waals surface area contributed by atoms with Crippen LogP contribution >= 0.6 is 0 Å². The van der Waals surface area contributed by atoms with Crippen molar-refractivity contribution < 1.29 is 9.59 Å². The van der Waals surface area contributed by atoms with Crippen LogP contribution in [-0.4, -0.2) is 47.8 Å². The largest absolute Gasteiger partial charge is 0.368 e. The highest BCUT2D eigenvalue weighted by Crippen LogP contribution is 2.17. The van der Waals surface area contributed by atoms with Gasteiger partial charge in [-0.2, -0.15) is 0 Å². The van der Waals surface area contributed by atoms with Crippen LogP contribution < -0.4 is 4.90 Å². The smallest absolute Gasteiger partial charge is 0.222 e. The van der Waals surface area contributed by atoms with Crippen molar-refractivity contribution in [2.24, 2.45) is 0 Å². The molecule has 5 heteroatoms. The molecule has 0 aliphatic carbocycles. The lowest BCUT2D eigenvalue weighted by Gasteiger charge is -2.36. The van der Waals surface area contributed by atoms with Gasteiger partial charge < -0.3 is 9.80 Å². The van der Waals surface area contributed by atoms with Crippen molar-refractivity contribution in [2.75, 3.05) is 31.1 Å². The van der Waals surface area contributed by atoms with Crippen molar-refractivity contribution in [2.45, 2.75) is 26.2 Å². The first kappa shape index (κ1) is 18.1. The van der Waals surface area contributed by atoms with Gasteiger partial charge in [-0.1, -0.05) is 30.3 Å². The molecule has 1 saturated heterocycles. The van der Waals surface area contributed by atoms with Crippen LogP contribution in [0.2, 0.25) is 0 Å². The van der Waals surface area contributed by atoms with Gasteiger partial charge in [0.1, 0.15) is 0 Å². The number of pyridine rings is 1. The average molecular weight is 351 g/mol. The fourth-order valence-corrected chi connectivity index (χ4v) is 3.27. The maximum atomic E-state index is 12.4. The summed E-state index contributed by atoms with van der Waals surface area (Å²) in [6.07, 6.45) is 3.29. The molecule has 1 fully saturated rings. The van der Waals surface area contributed by atoms with E-state index < -0.39 is 0 Å². The first-order valence-corrected chi connectivity index (χ1v) is 9.17. The maximum Gasteiger partial charge on any atom is 0.222 e. The lowest BCUT2D eigenvalue weighted by Crippen LogP contribution is -2.48. The van der Waals surface area contributed by atoms with Crippen molar-refractivity contribution >= 4 is 17.4 Å². The van der Waals surface area contributed by atoms with Gasteiger partial charge in [0.25, 0.3) is 0 Å². The van der Waals surface area contributed by atoms with Crippen molar-refractivity contribution in [1.29, 1.82) is 0 Å². The Balaban J connectivity index is 1.42. The van der Waals surface area contributed by atoms with Gasteiger partial charge in [0.2, 0.25) is 5.91 Å². The number of aryl methyl sites for hydroxylation is 1. The summed E-state index contributed by atoms with van der Waals surface area (Å²) in [4.78, 5) is 32.9. The summed E-state index contributed by atoms with van der Waals surface area (Å²) >= 11 is 0. The van der Waals surface area contributed by atoms with E-state index in [-0.39, 0.29) is 11.7 Å². The Morgan fingerprint density at radius 1 is 1.00 bits per heavy atom. The minimum atomic E-state index is 0.108. The molecule has 1 aromatic heterocycles. The van der Waals surface area contributed by atoms with Gasteiger partial charge in [-0.3, -0.25) is 14.6 Å². The van der Waals surface area contributed by atoms with E-state index >= 15 is 0 Å². The third kappa shape index (κ3) is 4.69. The third-order valence-corrected chi connectivity index (χ3v) is 4.77. The number of ketones is 1. The highest BCUT2D eigenvalue weighted by molar-refractivity contribution is 5.96. The zero-order valence-corrected chi connectivity index (χ0v) is 15.2. The molecule has 2 heterocycles. The Bertz CT molecular complexity index is 753. The number of hydrogen-bond donors (Lipinski definition) is 0. The number of Topliss-reactive ketones (excluding diaryl/α,β-unsaturated/α-hetero) is 1. The minimum absolute atomic E-state index is 0.108. The summed E-state index contributed by atoms with van der Waals surface area (Å²) in [5, 5.41) is 0. The van der Waals surface area contributed by atoms with E-state index in [0.29, 0.717) is 19.3 Å². The van der Waals surface area contributed by atoms with Crippen molar-refractivity contribution in [3.05, 3.63) is 59.9 Å². The Morgan fingerprint density at radius 2 is 1.73 bits per heavy atom. The average Bonchev–Trinajstić information content (AvgIpc) is 2.68. The summed E-state index contributed by atoms with van der Waals surface area (Å²) in [6.45, 7) is 5.11. The van der Waals surface area contributed by atoms with Gasteiger partial charge in [0.15, 0.2) is 5.78 Å².